The third-order valence-electron chi connectivity index (χ3n) is 2.21. The summed E-state index contributed by atoms with van der Waals surface area (Å²) in [5, 5.41) is 8.84. The quantitative estimate of drug-likeness (QED) is 0.720. The smallest absolute Gasteiger partial charge is 0.389 e. The lowest BCUT2D eigenvalue weighted by atomic mass is 9.91. The predicted molar refractivity (Wildman–Crippen MR) is 45.3 cm³/mol. The number of aliphatic hydroxyl groups is 1. The maximum absolute atomic E-state index is 11.7. The minimum atomic E-state index is -4.06. The van der Waals surface area contributed by atoms with Crippen LogP contribution in [0.25, 0.3) is 0 Å². The molecule has 1 atom stereocenters. The average Bonchev–Trinajstić information content (AvgIpc) is 1.95. The van der Waals surface area contributed by atoms with Gasteiger partial charge < -0.3 is 5.11 Å². The molecule has 0 bridgehead atoms. The number of halogens is 3. The van der Waals surface area contributed by atoms with Gasteiger partial charge >= 0.3 is 6.18 Å². The van der Waals surface area contributed by atoms with E-state index in [2.05, 4.69) is 0 Å². The second-order valence-electron chi connectivity index (χ2n) is 3.69. The van der Waals surface area contributed by atoms with Crippen LogP contribution >= 0.6 is 0 Å². The Morgan fingerprint density at radius 1 is 1.23 bits per heavy atom. The van der Waals surface area contributed by atoms with Crippen LogP contribution in [0.2, 0.25) is 0 Å². The Balaban J connectivity index is 3.62. The second-order valence-corrected chi connectivity index (χ2v) is 3.69. The third-order valence-corrected chi connectivity index (χ3v) is 2.21. The minimum absolute atomic E-state index is 0.00218. The molecule has 1 nitrogen and oxygen atoms in total. The van der Waals surface area contributed by atoms with E-state index in [0.29, 0.717) is 6.42 Å². The monoisotopic (exact) mass is 198 g/mol. The van der Waals surface area contributed by atoms with Gasteiger partial charge in [0, 0.05) is 13.0 Å². The number of alkyl halides is 3. The molecule has 0 fully saturated rings. The van der Waals surface area contributed by atoms with E-state index in [1.807, 2.05) is 13.8 Å². The largest absolute Gasteiger partial charge is 0.396 e. The molecule has 0 aliphatic carbocycles. The van der Waals surface area contributed by atoms with E-state index in [0.717, 1.165) is 0 Å². The summed E-state index contributed by atoms with van der Waals surface area (Å²) in [6.07, 6.45) is -4.23. The highest BCUT2D eigenvalue weighted by Gasteiger charge is 2.26. The van der Waals surface area contributed by atoms with Crippen LogP contribution in [0.4, 0.5) is 13.2 Å². The van der Waals surface area contributed by atoms with Gasteiger partial charge in [-0.25, -0.2) is 0 Å². The Morgan fingerprint density at radius 3 is 2.08 bits per heavy atom. The molecule has 80 valence electrons. The highest BCUT2D eigenvalue weighted by molar-refractivity contribution is 4.63. The molecule has 0 rings (SSSR count). The fourth-order valence-corrected chi connectivity index (χ4v) is 1.20. The summed E-state index contributed by atoms with van der Waals surface area (Å²) in [6, 6.07) is 0. The first kappa shape index (κ1) is 12.8. The number of aliphatic hydroxyl groups excluding tert-OH is 1. The first-order valence-corrected chi connectivity index (χ1v) is 4.54. The molecule has 0 aromatic carbocycles. The van der Waals surface area contributed by atoms with Gasteiger partial charge in [0.1, 0.15) is 0 Å². The lowest BCUT2D eigenvalue weighted by molar-refractivity contribution is -0.136. The van der Waals surface area contributed by atoms with Crippen LogP contribution in [0, 0.1) is 11.8 Å². The summed E-state index contributed by atoms with van der Waals surface area (Å²) in [6.45, 7) is 3.80. The molecule has 0 radical (unpaired) electrons. The topological polar surface area (TPSA) is 20.2 Å². The van der Waals surface area contributed by atoms with E-state index in [4.69, 9.17) is 5.11 Å². The van der Waals surface area contributed by atoms with Crippen LogP contribution in [-0.2, 0) is 0 Å². The van der Waals surface area contributed by atoms with Gasteiger partial charge in [0.25, 0.3) is 0 Å². The third kappa shape index (κ3) is 6.87. The summed E-state index contributed by atoms with van der Waals surface area (Å²) < 4.78 is 35.2. The zero-order valence-electron chi connectivity index (χ0n) is 8.06. The first-order chi connectivity index (χ1) is 5.87. The molecule has 0 aromatic heterocycles. The molecule has 0 spiro atoms. The van der Waals surface area contributed by atoms with Gasteiger partial charge in [-0.1, -0.05) is 13.8 Å². The van der Waals surface area contributed by atoms with Gasteiger partial charge in [-0.05, 0) is 24.7 Å². The molecule has 0 aliphatic rings. The van der Waals surface area contributed by atoms with E-state index in [1.54, 1.807) is 0 Å². The van der Waals surface area contributed by atoms with Gasteiger partial charge in [0.2, 0.25) is 0 Å². The van der Waals surface area contributed by atoms with Crippen LogP contribution in [0.3, 0.4) is 0 Å². The maximum atomic E-state index is 11.7. The van der Waals surface area contributed by atoms with Gasteiger partial charge in [0.15, 0.2) is 0 Å². The minimum Gasteiger partial charge on any atom is -0.396 e. The summed E-state index contributed by atoms with van der Waals surface area (Å²) in [4.78, 5) is 0. The van der Waals surface area contributed by atoms with E-state index < -0.39 is 12.6 Å². The maximum Gasteiger partial charge on any atom is 0.389 e. The Labute approximate surface area is 76.9 Å². The molecule has 13 heavy (non-hydrogen) atoms. The predicted octanol–water partition coefficient (Wildman–Crippen LogP) is 2.98. The van der Waals surface area contributed by atoms with Crippen molar-refractivity contribution in [3.63, 3.8) is 0 Å². The average molecular weight is 198 g/mol. The van der Waals surface area contributed by atoms with Crippen LogP contribution < -0.4 is 0 Å². The number of hydrogen-bond acceptors (Lipinski definition) is 1. The first-order valence-electron chi connectivity index (χ1n) is 4.54. The van der Waals surface area contributed by atoms with Crippen molar-refractivity contribution in [1.82, 2.24) is 0 Å². The SMILES string of the molecule is CC(C)[C@@H](CO)CCCC(F)(F)F. The van der Waals surface area contributed by atoms with E-state index in [1.165, 1.54) is 0 Å². The summed E-state index contributed by atoms with van der Waals surface area (Å²) >= 11 is 0. The van der Waals surface area contributed by atoms with Gasteiger partial charge in [0.05, 0.1) is 0 Å². The van der Waals surface area contributed by atoms with Crippen LogP contribution in [0.15, 0.2) is 0 Å². The van der Waals surface area contributed by atoms with Gasteiger partial charge in [-0.2, -0.15) is 13.2 Å². The van der Waals surface area contributed by atoms with Crippen molar-refractivity contribution in [2.75, 3.05) is 6.61 Å². The highest BCUT2D eigenvalue weighted by atomic mass is 19.4. The van der Waals surface area contributed by atoms with Crippen molar-refractivity contribution in [3.05, 3.63) is 0 Å². The number of rotatable bonds is 5. The van der Waals surface area contributed by atoms with Gasteiger partial charge in [-0.15, -0.1) is 0 Å². The van der Waals surface area contributed by atoms with Crippen molar-refractivity contribution >= 4 is 0 Å². The van der Waals surface area contributed by atoms with Gasteiger partial charge in [-0.3, -0.25) is 0 Å². The molecule has 0 saturated heterocycles. The van der Waals surface area contributed by atoms with Crippen molar-refractivity contribution < 1.29 is 18.3 Å². The lowest BCUT2D eigenvalue weighted by Crippen LogP contribution is -2.15. The van der Waals surface area contributed by atoms with Crippen LogP contribution in [0.1, 0.15) is 33.1 Å². The Kier molecular flexibility index (Phi) is 5.37. The summed E-state index contributed by atoms with van der Waals surface area (Å²) in [5.41, 5.74) is 0. The Bertz CT molecular complexity index is 131. The van der Waals surface area contributed by atoms with E-state index in [-0.39, 0.29) is 24.9 Å². The molecule has 0 saturated carbocycles. The molecule has 0 amide bonds. The molecule has 0 heterocycles. The second kappa shape index (κ2) is 5.47. The highest BCUT2D eigenvalue weighted by Crippen LogP contribution is 2.25. The van der Waals surface area contributed by atoms with E-state index >= 15 is 0 Å². The fourth-order valence-electron chi connectivity index (χ4n) is 1.20. The summed E-state index contributed by atoms with van der Waals surface area (Å²) in [7, 11) is 0. The van der Waals surface area contributed by atoms with Crippen molar-refractivity contribution in [1.29, 1.82) is 0 Å². The molecule has 4 heteroatoms. The molecular formula is C9H17F3O. The van der Waals surface area contributed by atoms with Crippen LogP contribution in [-0.4, -0.2) is 17.9 Å². The molecular weight excluding hydrogens is 181 g/mol. The van der Waals surface area contributed by atoms with Crippen molar-refractivity contribution in [2.24, 2.45) is 11.8 Å². The number of hydrogen-bond donors (Lipinski definition) is 1. The standard InChI is InChI=1S/C9H17F3O/c1-7(2)8(6-13)4-3-5-9(10,11)12/h7-8,13H,3-6H2,1-2H3/t8-/m1/s1. The fraction of sp³-hybridized carbons (Fsp3) is 1.00. The zero-order chi connectivity index (χ0) is 10.5. The molecule has 1 N–H and O–H groups in total. The normalized spacial score (nSPS) is 15.0. The molecule has 0 unspecified atom stereocenters. The zero-order valence-corrected chi connectivity index (χ0v) is 8.06. The van der Waals surface area contributed by atoms with Crippen LogP contribution in [0.5, 0.6) is 0 Å². The molecule has 0 aliphatic heterocycles. The Hall–Kier alpha value is -0.250. The molecule has 0 aromatic rings. The summed E-state index contributed by atoms with van der Waals surface area (Å²) in [5.74, 6) is 0.251. The Morgan fingerprint density at radius 2 is 1.77 bits per heavy atom. The van der Waals surface area contributed by atoms with E-state index in [9.17, 15) is 13.2 Å². The lowest BCUT2D eigenvalue weighted by Gasteiger charge is -2.18. The van der Waals surface area contributed by atoms with Crippen molar-refractivity contribution in [3.8, 4) is 0 Å². The van der Waals surface area contributed by atoms with Crippen molar-refractivity contribution in [2.45, 2.75) is 39.3 Å².